The second kappa shape index (κ2) is 8.04. The van der Waals surface area contributed by atoms with Crippen molar-refractivity contribution in [2.75, 3.05) is 6.54 Å². The molecule has 0 bridgehead atoms. The Bertz CT molecular complexity index is 709. The van der Waals surface area contributed by atoms with E-state index in [1.54, 1.807) is 0 Å². The molecule has 3 rings (SSSR count). The summed E-state index contributed by atoms with van der Waals surface area (Å²) in [4.78, 5) is 12.3. The summed E-state index contributed by atoms with van der Waals surface area (Å²) in [6, 6.07) is 10.3. The average Bonchev–Trinajstić information content (AvgIpc) is 3.37. The zero-order valence-electron chi connectivity index (χ0n) is 15.1. The molecular formula is C19H26N4OS. The van der Waals surface area contributed by atoms with Gasteiger partial charge in [0.25, 0.3) is 0 Å². The third kappa shape index (κ3) is 4.84. The summed E-state index contributed by atoms with van der Waals surface area (Å²) < 4.78 is 2.18. The van der Waals surface area contributed by atoms with Crippen molar-refractivity contribution in [1.82, 2.24) is 20.1 Å². The van der Waals surface area contributed by atoms with Crippen LogP contribution in [0.5, 0.6) is 0 Å². The zero-order chi connectivity index (χ0) is 17.8. The van der Waals surface area contributed by atoms with Crippen LogP contribution in [-0.4, -0.2) is 32.5 Å². The quantitative estimate of drug-likeness (QED) is 0.734. The molecule has 5 nitrogen and oxygen atoms in total. The first-order valence-corrected chi connectivity index (χ1v) is 9.84. The van der Waals surface area contributed by atoms with Gasteiger partial charge in [0.1, 0.15) is 5.82 Å². The number of amides is 1. The second-order valence-electron chi connectivity index (χ2n) is 7.09. The number of thioether (sulfide) groups is 1. The SMILES string of the molecule is CC(C)CNC(=O)[C@@H](C)Sc1nnc(C2CC2)n1Cc1ccccc1. The minimum atomic E-state index is -0.190. The first-order chi connectivity index (χ1) is 12.0. The Kier molecular flexibility index (Phi) is 5.78. The molecule has 2 aromatic rings. The topological polar surface area (TPSA) is 59.8 Å². The summed E-state index contributed by atoms with van der Waals surface area (Å²) in [5.74, 6) is 2.09. The average molecular weight is 359 g/mol. The van der Waals surface area contributed by atoms with Crippen molar-refractivity contribution in [1.29, 1.82) is 0 Å². The number of aromatic nitrogens is 3. The van der Waals surface area contributed by atoms with E-state index in [-0.39, 0.29) is 11.2 Å². The molecule has 1 fully saturated rings. The summed E-state index contributed by atoms with van der Waals surface area (Å²) in [5, 5.41) is 12.4. The lowest BCUT2D eigenvalue weighted by Gasteiger charge is -2.14. The number of nitrogens with one attached hydrogen (secondary N) is 1. The predicted molar refractivity (Wildman–Crippen MR) is 101 cm³/mol. The summed E-state index contributed by atoms with van der Waals surface area (Å²) in [6.45, 7) is 7.57. The number of rotatable bonds is 8. The molecule has 1 atom stereocenters. The van der Waals surface area contributed by atoms with Gasteiger partial charge in [-0.15, -0.1) is 10.2 Å². The van der Waals surface area contributed by atoms with Gasteiger partial charge in [-0.25, -0.2) is 0 Å². The molecular weight excluding hydrogens is 332 g/mol. The molecule has 1 aromatic carbocycles. The van der Waals surface area contributed by atoms with Gasteiger partial charge in [-0.1, -0.05) is 55.9 Å². The molecule has 6 heteroatoms. The van der Waals surface area contributed by atoms with E-state index >= 15 is 0 Å². The van der Waals surface area contributed by atoms with Gasteiger partial charge in [0.15, 0.2) is 5.16 Å². The molecule has 1 aromatic heterocycles. The lowest BCUT2D eigenvalue weighted by molar-refractivity contribution is -0.120. The van der Waals surface area contributed by atoms with Crippen molar-refractivity contribution >= 4 is 17.7 Å². The number of nitrogens with zero attached hydrogens (tertiary/aromatic N) is 3. The van der Waals surface area contributed by atoms with Gasteiger partial charge in [0.05, 0.1) is 11.8 Å². The molecule has 1 amide bonds. The lowest BCUT2D eigenvalue weighted by atomic mass is 10.2. The molecule has 25 heavy (non-hydrogen) atoms. The van der Waals surface area contributed by atoms with E-state index in [9.17, 15) is 4.79 Å². The Morgan fingerprint density at radius 1 is 1.24 bits per heavy atom. The minimum Gasteiger partial charge on any atom is -0.355 e. The fraction of sp³-hybridized carbons (Fsp3) is 0.526. The van der Waals surface area contributed by atoms with E-state index in [1.165, 1.54) is 30.2 Å². The number of benzene rings is 1. The van der Waals surface area contributed by atoms with Crippen LogP contribution < -0.4 is 5.32 Å². The molecule has 0 spiro atoms. The van der Waals surface area contributed by atoms with Gasteiger partial charge in [-0.05, 0) is 31.2 Å². The molecule has 1 saturated carbocycles. The number of hydrogen-bond donors (Lipinski definition) is 1. The summed E-state index contributed by atoms with van der Waals surface area (Å²) in [7, 11) is 0. The van der Waals surface area contributed by atoms with Gasteiger partial charge in [0.2, 0.25) is 5.91 Å². The van der Waals surface area contributed by atoms with Gasteiger partial charge in [-0.3, -0.25) is 4.79 Å². The Labute approximate surface area is 153 Å². The van der Waals surface area contributed by atoms with Crippen molar-refractivity contribution in [3.05, 3.63) is 41.7 Å². The standard InChI is InChI=1S/C19H26N4OS/c1-13(2)11-20-18(24)14(3)25-19-22-21-17(16-9-10-16)23(19)12-15-7-5-4-6-8-15/h4-8,13-14,16H,9-12H2,1-3H3,(H,20,24)/t14-/m1/s1. The normalized spacial score (nSPS) is 15.4. The minimum absolute atomic E-state index is 0.0564. The highest BCUT2D eigenvalue weighted by Gasteiger charge is 2.31. The van der Waals surface area contributed by atoms with Crippen LogP contribution >= 0.6 is 11.8 Å². The monoisotopic (exact) mass is 358 g/mol. The third-order valence-corrected chi connectivity index (χ3v) is 5.29. The van der Waals surface area contributed by atoms with Crippen LogP contribution in [0, 0.1) is 5.92 Å². The van der Waals surface area contributed by atoms with Crippen LogP contribution in [-0.2, 0) is 11.3 Å². The Balaban J connectivity index is 1.73. The molecule has 1 N–H and O–H groups in total. The van der Waals surface area contributed by atoms with E-state index in [0.717, 1.165) is 17.5 Å². The van der Waals surface area contributed by atoms with Gasteiger partial charge >= 0.3 is 0 Å². The fourth-order valence-electron chi connectivity index (χ4n) is 2.61. The van der Waals surface area contributed by atoms with E-state index in [0.29, 0.717) is 18.4 Å². The predicted octanol–water partition coefficient (Wildman–Crippen LogP) is 3.46. The van der Waals surface area contributed by atoms with Gasteiger partial charge in [-0.2, -0.15) is 0 Å². The Morgan fingerprint density at radius 3 is 2.60 bits per heavy atom. The summed E-state index contributed by atoms with van der Waals surface area (Å²) in [5.41, 5.74) is 1.22. The van der Waals surface area contributed by atoms with Gasteiger partial charge < -0.3 is 9.88 Å². The molecule has 0 unspecified atom stereocenters. The molecule has 1 heterocycles. The van der Waals surface area contributed by atoms with E-state index in [2.05, 4.69) is 46.1 Å². The highest BCUT2D eigenvalue weighted by atomic mass is 32.2. The van der Waals surface area contributed by atoms with Crippen LogP contribution in [0.3, 0.4) is 0 Å². The first kappa shape index (κ1) is 18.0. The van der Waals surface area contributed by atoms with E-state index < -0.39 is 0 Å². The molecule has 1 aliphatic rings. The smallest absolute Gasteiger partial charge is 0.233 e. The van der Waals surface area contributed by atoms with Crippen molar-refractivity contribution < 1.29 is 4.79 Å². The van der Waals surface area contributed by atoms with Crippen molar-refractivity contribution in [3.63, 3.8) is 0 Å². The Hall–Kier alpha value is -1.82. The highest BCUT2D eigenvalue weighted by Crippen LogP contribution is 2.40. The van der Waals surface area contributed by atoms with Gasteiger partial charge in [0, 0.05) is 12.5 Å². The van der Waals surface area contributed by atoms with E-state index in [4.69, 9.17) is 0 Å². The van der Waals surface area contributed by atoms with Crippen molar-refractivity contribution in [2.45, 2.75) is 56.5 Å². The zero-order valence-corrected chi connectivity index (χ0v) is 15.9. The molecule has 1 aliphatic carbocycles. The molecule has 0 saturated heterocycles. The number of carbonyl (C=O) groups excluding carboxylic acids is 1. The second-order valence-corrected chi connectivity index (χ2v) is 8.39. The maximum Gasteiger partial charge on any atom is 0.233 e. The van der Waals surface area contributed by atoms with Crippen LogP contribution in [0.2, 0.25) is 0 Å². The third-order valence-electron chi connectivity index (χ3n) is 4.21. The summed E-state index contributed by atoms with van der Waals surface area (Å²) in [6.07, 6.45) is 2.37. The number of hydrogen-bond acceptors (Lipinski definition) is 4. The first-order valence-electron chi connectivity index (χ1n) is 8.96. The van der Waals surface area contributed by atoms with Crippen molar-refractivity contribution in [3.8, 4) is 0 Å². The van der Waals surface area contributed by atoms with Crippen LogP contribution in [0.4, 0.5) is 0 Å². The largest absolute Gasteiger partial charge is 0.355 e. The highest BCUT2D eigenvalue weighted by molar-refractivity contribution is 8.00. The van der Waals surface area contributed by atoms with Crippen LogP contribution in [0.25, 0.3) is 0 Å². The maximum atomic E-state index is 12.3. The number of carbonyl (C=O) groups is 1. The Morgan fingerprint density at radius 2 is 1.96 bits per heavy atom. The molecule has 0 radical (unpaired) electrons. The van der Waals surface area contributed by atoms with Crippen molar-refractivity contribution in [2.24, 2.45) is 5.92 Å². The summed E-state index contributed by atoms with van der Waals surface area (Å²) >= 11 is 1.49. The fourth-order valence-corrected chi connectivity index (χ4v) is 3.49. The van der Waals surface area contributed by atoms with Crippen LogP contribution in [0.15, 0.2) is 35.5 Å². The van der Waals surface area contributed by atoms with E-state index in [1.807, 2.05) is 25.1 Å². The maximum absolute atomic E-state index is 12.3. The molecule has 0 aliphatic heterocycles. The molecule has 134 valence electrons. The van der Waals surface area contributed by atoms with Crippen LogP contribution in [0.1, 0.15) is 50.9 Å². The lowest BCUT2D eigenvalue weighted by Crippen LogP contribution is -2.33.